The predicted molar refractivity (Wildman–Crippen MR) is 126 cm³/mol. The number of rotatable bonds is 5. The van der Waals surface area contributed by atoms with E-state index in [1.54, 1.807) is 0 Å². The molecule has 0 saturated heterocycles. The Balaban J connectivity index is 1.68. The van der Waals surface area contributed by atoms with Gasteiger partial charge in [0.2, 0.25) is 11.1 Å². The highest BCUT2D eigenvalue weighted by Gasteiger charge is 2.68. The Morgan fingerprint density at radius 1 is 1.33 bits per heavy atom. The lowest BCUT2D eigenvalue weighted by atomic mass is 9.43. The number of aromatic nitrogens is 3. The first-order chi connectivity index (χ1) is 15.5. The molecule has 0 aromatic carbocycles. The number of thioether (sulfide) groups is 1. The van der Waals surface area contributed by atoms with Gasteiger partial charge < -0.3 is 15.6 Å². The van der Waals surface area contributed by atoms with E-state index in [1.807, 2.05) is 0 Å². The molecule has 0 radical (unpaired) electrons. The smallest absolute Gasteiger partial charge is 0.316 e. The maximum atomic E-state index is 13.4. The average molecular weight is 479 g/mol. The number of hydrogen-bond acceptors (Lipinski definition) is 8. The number of nitrogens with zero attached hydrogens (tertiary/aromatic N) is 2. The summed E-state index contributed by atoms with van der Waals surface area (Å²) in [6.45, 7) is 10.8. The Labute approximate surface area is 200 Å². The van der Waals surface area contributed by atoms with Crippen molar-refractivity contribution in [3.8, 4) is 0 Å². The van der Waals surface area contributed by atoms with E-state index in [0.717, 1.165) is 25.7 Å². The van der Waals surface area contributed by atoms with Crippen LogP contribution in [0.4, 0.5) is 5.95 Å². The summed E-state index contributed by atoms with van der Waals surface area (Å²) < 4.78 is 6.19. The normalized spacial score (nSPS) is 43.0. The minimum Gasteiger partial charge on any atom is -0.461 e. The number of anilines is 1. The van der Waals surface area contributed by atoms with Crippen LogP contribution in [-0.2, 0) is 14.3 Å². The lowest BCUT2D eigenvalue weighted by Crippen LogP contribution is -2.63. The molecule has 0 amide bonds. The van der Waals surface area contributed by atoms with Crippen LogP contribution in [0.25, 0.3) is 0 Å². The molecule has 3 aliphatic carbocycles. The first-order valence-electron chi connectivity index (χ1n) is 12.2. The molecule has 8 nitrogen and oxygen atoms in total. The number of Topliss-reactive ketones (excluding diaryl/α,β-unsaturated/α-hetero) is 1. The molecule has 1 heterocycles. The number of aliphatic hydroxyl groups excluding tert-OH is 1. The van der Waals surface area contributed by atoms with Crippen molar-refractivity contribution in [1.82, 2.24) is 15.2 Å². The van der Waals surface area contributed by atoms with Crippen LogP contribution in [-0.4, -0.2) is 50.0 Å². The minimum atomic E-state index is -0.562. The third-order valence-electron chi connectivity index (χ3n) is 9.66. The van der Waals surface area contributed by atoms with Crippen molar-refractivity contribution in [3.05, 3.63) is 0 Å². The number of carbonyl (C=O) groups is 2. The standard InChI is InChI=1S/C24H38N4O4S/c1-6-22(4)11-16(32-17(30)12-33-21-26-20(25)27-28-21)23(5)9-7-13(2)24(14(3)19(22)31)10-8-15(29)18(23)24/h13-14,16,18-19,31H,6-12H2,1-5H3,(H3,25,26,27,28)/t13-,14+,16-,18+,19-,22+,23-,24+/m1/s1. The number of aromatic amines is 1. The molecule has 1 aromatic rings. The van der Waals surface area contributed by atoms with Crippen molar-refractivity contribution >= 4 is 29.5 Å². The van der Waals surface area contributed by atoms with Crippen LogP contribution in [0.2, 0.25) is 0 Å². The summed E-state index contributed by atoms with van der Waals surface area (Å²) in [6.07, 6.45) is 3.50. The van der Waals surface area contributed by atoms with Gasteiger partial charge >= 0.3 is 5.97 Å². The largest absolute Gasteiger partial charge is 0.461 e. The second-order valence-electron chi connectivity index (χ2n) is 11.2. The molecule has 3 saturated carbocycles. The van der Waals surface area contributed by atoms with Crippen molar-refractivity contribution in [1.29, 1.82) is 0 Å². The average Bonchev–Trinajstić information content (AvgIpc) is 3.37. The second kappa shape index (κ2) is 8.56. The third-order valence-corrected chi connectivity index (χ3v) is 10.5. The zero-order valence-corrected chi connectivity index (χ0v) is 21.2. The van der Waals surface area contributed by atoms with Crippen LogP contribution in [0.5, 0.6) is 0 Å². The molecule has 2 bridgehead atoms. The molecule has 0 aliphatic heterocycles. The van der Waals surface area contributed by atoms with E-state index in [9.17, 15) is 14.7 Å². The minimum absolute atomic E-state index is 0.0110. The molecule has 184 valence electrons. The van der Waals surface area contributed by atoms with Gasteiger partial charge in [-0.25, -0.2) is 5.10 Å². The van der Waals surface area contributed by atoms with Gasteiger partial charge in [-0.2, -0.15) is 4.98 Å². The Hall–Kier alpha value is -1.61. The van der Waals surface area contributed by atoms with E-state index in [-0.39, 0.29) is 40.7 Å². The first kappa shape index (κ1) is 24.5. The molecule has 0 spiro atoms. The molecule has 4 N–H and O–H groups in total. The number of nitrogens with one attached hydrogen (secondary N) is 1. The fourth-order valence-corrected chi connectivity index (χ4v) is 8.10. The van der Waals surface area contributed by atoms with Crippen molar-refractivity contribution in [3.63, 3.8) is 0 Å². The first-order valence-corrected chi connectivity index (χ1v) is 13.2. The summed E-state index contributed by atoms with van der Waals surface area (Å²) in [5, 5.41) is 18.6. The topological polar surface area (TPSA) is 131 Å². The van der Waals surface area contributed by atoms with Gasteiger partial charge in [-0.1, -0.05) is 46.4 Å². The van der Waals surface area contributed by atoms with E-state index in [4.69, 9.17) is 10.5 Å². The van der Waals surface area contributed by atoms with E-state index >= 15 is 0 Å². The summed E-state index contributed by atoms with van der Waals surface area (Å²) >= 11 is 1.17. The Bertz CT molecular complexity index is 924. The number of esters is 1. The van der Waals surface area contributed by atoms with Gasteiger partial charge in [0.25, 0.3) is 0 Å². The second-order valence-corrected chi connectivity index (χ2v) is 12.1. The zero-order chi connectivity index (χ0) is 24.2. The van der Waals surface area contributed by atoms with Crippen molar-refractivity contribution in [2.24, 2.45) is 34.0 Å². The van der Waals surface area contributed by atoms with Crippen LogP contribution in [0.1, 0.15) is 73.1 Å². The van der Waals surface area contributed by atoms with E-state index in [1.165, 1.54) is 11.8 Å². The molecule has 3 aliphatic rings. The highest BCUT2D eigenvalue weighted by Crippen LogP contribution is 2.68. The van der Waals surface area contributed by atoms with Crippen LogP contribution in [0.3, 0.4) is 0 Å². The Morgan fingerprint density at radius 3 is 2.70 bits per heavy atom. The molecule has 1 aromatic heterocycles. The summed E-state index contributed by atoms with van der Waals surface area (Å²) in [6, 6.07) is 0. The van der Waals surface area contributed by atoms with Gasteiger partial charge in [-0.3, -0.25) is 9.59 Å². The number of ether oxygens (including phenoxy) is 1. The lowest BCUT2D eigenvalue weighted by Gasteiger charge is -2.62. The molecular formula is C24H38N4O4S. The fourth-order valence-electron chi connectivity index (χ4n) is 7.51. The molecule has 8 atom stereocenters. The van der Waals surface area contributed by atoms with E-state index < -0.39 is 23.0 Å². The van der Waals surface area contributed by atoms with Crippen molar-refractivity contribution < 1.29 is 19.4 Å². The summed E-state index contributed by atoms with van der Waals surface area (Å²) in [4.78, 5) is 30.4. The van der Waals surface area contributed by atoms with Gasteiger partial charge in [0.1, 0.15) is 11.9 Å². The van der Waals surface area contributed by atoms with E-state index in [2.05, 4.69) is 49.8 Å². The molecule has 3 fully saturated rings. The molecular weight excluding hydrogens is 440 g/mol. The van der Waals surface area contributed by atoms with Crippen LogP contribution >= 0.6 is 11.8 Å². The number of H-pyrrole nitrogens is 1. The number of aliphatic hydroxyl groups is 1. The highest BCUT2D eigenvalue weighted by molar-refractivity contribution is 7.99. The van der Waals surface area contributed by atoms with Gasteiger partial charge in [0, 0.05) is 17.8 Å². The number of nitrogen functional groups attached to an aromatic ring is 1. The van der Waals surface area contributed by atoms with Crippen molar-refractivity contribution in [2.75, 3.05) is 11.5 Å². The van der Waals surface area contributed by atoms with Gasteiger partial charge in [0.15, 0.2) is 0 Å². The van der Waals surface area contributed by atoms with Gasteiger partial charge in [-0.15, -0.1) is 5.10 Å². The monoisotopic (exact) mass is 478 g/mol. The summed E-state index contributed by atoms with van der Waals surface area (Å²) in [5.74, 6) is 0.337. The lowest BCUT2D eigenvalue weighted by molar-refractivity contribution is -0.209. The van der Waals surface area contributed by atoms with Crippen LogP contribution < -0.4 is 5.73 Å². The number of carbonyl (C=O) groups excluding carboxylic acids is 2. The van der Waals surface area contributed by atoms with E-state index in [0.29, 0.717) is 23.9 Å². The summed E-state index contributed by atoms with van der Waals surface area (Å²) in [7, 11) is 0. The van der Waals surface area contributed by atoms with Gasteiger partial charge in [0.05, 0.1) is 11.9 Å². The zero-order valence-electron chi connectivity index (χ0n) is 20.4. The molecule has 0 unspecified atom stereocenters. The highest BCUT2D eigenvalue weighted by atomic mass is 32.2. The van der Waals surface area contributed by atoms with Crippen LogP contribution in [0, 0.1) is 34.0 Å². The van der Waals surface area contributed by atoms with Gasteiger partial charge in [-0.05, 0) is 54.8 Å². The number of ketones is 1. The fraction of sp³-hybridized carbons (Fsp3) is 0.833. The maximum Gasteiger partial charge on any atom is 0.316 e. The molecule has 4 rings (SSSR count). The number of nitrogens with two attached hydrogens (primary N) is 1. The Morgan fingerprint density at radius 2 is 2.06 bits per heavy atom. The predicted octanol–water partition coefficient (Wildman–Crippen LogP) is 3.61. The quantitative estimate of drug-likeness (QED) is 0.432. The van der Waals surface area contributed by atoms with Crippen LogP contribution in [0.15, 0.2) is 5.16 Å². The summed E-state index contributed by atoms with van der Waals surface area (Å²) in [5.41, 5.74) is 4.46. The molecule has 9 heteroatoms. The maximum absolute atomic E-state index is 13.4. The SMILES string of the molecule is CC[C@@]1(C)C[C@@H](OC(=O)CSc2n[nH]c(N)n2)[C@@]2(C)CC[C@@H](C)[C@@]3(CCC(=O)[C@@H]23)[C@@H](C)[C@H]1O. The number of hydrogen-bond donors (Lipinski definition) is 3. The molecule has 33 heavy (non-hydrogen) atoms. The third kappa shape index (κ3) is 3.79. The van der Waals surface area contributed by atoms with Crippen molar-refractivity contribution in [2.45, 2.75) is 90.5 Å². The Kier molecular flexibility index (Phi) is 6.36.